The van der Waals surface area contributed by atoms with Gasteiger partial charge in [-0.2, -0.15) is 5.10 Å². The second-order valence-corrected chi connectivity index (χ2v) is 8.94. The summed E-state index contributed by atoms with van der Waals surface area (Å²) in [5.41, 5.74) is 3.16. The van der Waals surface area contributed by atoms with E-state index in [-0.39, 0.29) is 31.0 Å². The van der Waals surface area contributed by atoms with Crippen molar-refractivity contribution in [3.63, 3.8) is 0 Å². The number of nitrogens with one attached hydrogen (secondary N) is 3. The van der Waals surface area contributed by atoms with E-state index in [0.717, 1.165) is 17.0 Å². The summed E-state index contributed by atoms with van der Waals surface area (Å²) < 4.78 is 7.55. The van der Waals surface area contributed by atoms with Gasteiger partial charge in [-0.25, -0.2) is 0 Å². The molecule has 3 N–H and O–H groups in total. The topological polar surface area (TPSA) is 135 Å². The predicted molar refractivity (Wildman–Crippen MR) is 132 cm³/mol. The number of para-hydroxylation sites is 1. The van der Waals surface area contributed by atoms with Crippen molar-refractivity contribution in [2.24, 2.45) is 7.05 Å². The molecule has 194 valence electrons. The summed E-state index contributed by atoms with van der Waals surface area (Å²) in [5.74, 6) is -1.52. The zero-order chi connectivity index (χ0) is 26.4. The van der Waals surface area contributed by atoms with Gasteiger partial charge in [-0.05, 0) is 44.9 Å². The van der Waals surface area contributed by atoms with Crippen LogP contribution in [0.15, 0.2) is 24.3 Å². The first-order chi connectivity index (χ1) is 17.1. The highest BCUT2D eigenvalue weighted by atomic mass is 16.5. The fourth-order valence-electron chi connectivity index (χ4n) is 4.12. The van der Waals surface area contributed by atoms with Crippen LogP contribution in [0.2, 0.25) is 0 Å². The minimum absolute atomic E-state index is 0.157. The van der Waals surface area contributed by atoms with E-state index in [0.29, 0.717) is 18.7 Å². The van der Waals surface area contributed by atoms with Crippen molar-refractivity contribution in [2.75, 3.05) is 26.7 Å². The molecular weight excluding hydrogens is 464 g/mol. The molecule has 4 amide bonds. The Morgan fingerprint density at radius 1 is 1.17 bits per heavy atom. The van der Waals surface area contributed by atoms with E-state index in [4.69, 9.17) is 4.74 Å². The number of hydrogen-bond donors (Lipinski definition) is 3. The fourth-order valence-corrected chi connectivity index (χ4v) is 4.12. The van der Waals surface area contributed by atoms with Crippen molar-refractivity contribution >= 4 is 23.6 Å². The number of amides is 4. The maximum absolute atomic E-state index is 13.1. The van der Waals surface area contributed by atoms with Crippen LogP contribution in [0.1, 0.15) is 40.7 Å². The molecule has 2 heterocycles. The van der Waals surface area contributed by atoms with Crippen LogP contribution in [0, 0.1) is 13.8 Å². The van der Waals surface area contributed by atoms with Crippen LogP contribution in [0.4, 0.5) is 0 Å². The highest BCUT2D eigenvalue weighted by molar-refractivity contribution is 6.01. The Hall–Kier alpha value is -3.89. The molecule has 11 nitrogen and oxygen atoms in total. The van der Waals surface area contributed by atoms with Gasteiger partial charge in [0.1, 0.15) is 24.4 Å². The Kier molecular flexibility index (Phi) is 8.68. The van der Waals surface area contributed by atoms with E-state index in [1.807, 2.05) is 20.9 Å². The second kappa shape index (κ2) is 11.7. The van der Waals surface area contributed by atoms with Gasteiger partial charge in [0.2, 0.25) is 17.7 Å². The number of aromatic nitrogens is 2. The lowest BCUT2D eigenvalue weighted by molar-refractivity contribution is -0.135. The molecule has 0 bridgehead atoms. The van der Waals surface area contributed by atoms with E-state index < -0.39 is 29.8 Å². The first-order valence-electron chi connectivity index (χ1n) is 11.9. The molecule has 1 aliphatic heterocycles. The normalized spacial score (nSPS) is 19.5. The lowest BCUT2D eigenvalue weighted by Crippen LogP contribution is -2.52. The van der Waals surface area contributed by atoms with Gasteiger partial charge in [-0.15, -0.1) is 0 Å². The smallest absolute Gasteiger partial charge is 0.255 e. The average molecular weight is 499 g/mol. The monoisotopic (exact) mass is 498 g/mol. The minimum Gasteiger partial charge on any atom is -0.491 e. The number of ether oxygens (including phenoxy) is 1. The third-order valence-corrected chi connectivity index (χ3v) is 6.28. The lowest BCUT2D eigenvalue weighted by Gasteiger charge is -2.25. The Morgan fingerprint density at radius 3 is 2.58 bits per heavy atom. The molecule has 3 rings (SSSR count). The number of aryl methyl sites for hydroxylation is 2. The van der Waals surface area contributed by atoms with Gasteiger partial charge in [0.25, 0.3) is 5.91 Å². The standard InChI is InChI=1S/C25H34N6O5/c1-15-18(17(3)31(5)29-15)10-11-26-24(34)20-14-22(32)27-16(2)25(35)30(4)12-13-36-21-9-7-6-8-19(21)23(33)28-20/h6-9,16,20H,10-14H2,1-5H3,(H,26,34)(H,27,32)(H,28,33)/t16-,20-/m0/s1. The highest BCUT2D eigenvalue weighted by Gasteiger charge is 2.28. The Balaban J connectivity index is 1.79. The summed E-state index contributed by atoms with van der Waals surface area (Å²) in [6.07, 6.45) is 0.228. The maximum Gasteiger partial charge on any atom is 0.255 e. The fraction of sp³-hybridized carbons (Fsp3) is 0.480. The molecular formula is C25H34N6O5. The van der Waals surface area contributed by atoms with E-state index in [2.05, 4.69) is 21.0 Å². The van der Waals surface area contributed by atoms with Gasteiger partial charge < -0.3 is 25.6 Å². The quantitative estimate of drug-likeness (QED) is 0.553. The number of carbonyl (C=O) groups excluding carboxylic acids is 4. The molecule has 0 saturated carbocycles. The Morgan fingerprint density at radius 2 is 1.89 bits per heavy atom. The van der Waals surface area contributed by atoms with Crippen LogP contribution in [-0.4, -0.2) is 77.1 Å². The molecule has 0 radical (unpaired) electrons. The number of hydrogen-bond acceptors (Lipinski definition) is 6. The number of benzene rings is 1. The van der Waals surface area contributed by atoms with Crippen molar-refractivity contribution in [3.8, 4) is 5.75 Å². The molecule has 1 aromatic carbocycles. The third-order valence-electron chi connectivity index (χ3n) is 6.28. The van der Waals surface area contributed by atoms with Crippen molar-refractivity contribution in [3.05, 3.63) is 46.8 Å². The molecule has 11 heteroatoms. The zero-order valence-electron chi connectivity index (χ0n) is 21.4. The lowest BCUT2D eigenvalue weighted by atomic mass is 10.1. The van der Waals surface area contributed by atoms with E-state index >= 15 is 0 Å². The summed E-state index contributed by atoms with van der Waals surface area (Å²) in [6, 6.07) is 4.69. The molecule has 0 unspecified atom stereocenters. The highest BCUT2D eigenvalue weighted by Crippen LogP contribution is 2.18. The van der Waals surface area contributed by atoms with Gasteiger partial charge in [-0.1, -0.05) is 12.1 Å². The van der Waals surface area contributed by atoms with Crippen LogP contribution >= 0.6 is 0 Å². The van der Waals surface area contributed by atoms with Crippen LogP contribution in [-0.2, 0) is 27.9 Å². The molecule has 0 spiro atoms. The summed E-state index contributed by atoms with van der Waals surface area (Å²) in [4.78, 5) is 52.9. The first kappa shape index (κ1) is 26.7. The molecule has 1 aromatic heterocycles. The van der Waals surface area contributed by atoms with Gasteiger partial charge in [0, 0.05) is 26.3 Å². The Labute approximate surface area is 210 Å². The predicted octanol–water partition coefficient (Wildman–Crippen LogP) is 0.240. The molecule has 0 fully saturated rings. The average Bonchev–Trinajstić information content (AvgIpc) is 3.08. The third kappa shape index (κ3) is 6.41. The number of nitrogens with zero attached hydrogens (tertiary/aromatic N) is 3. The summed E-state index contributed by atoms with van der Waals surface area (Å²) >= 11 is 0. The van der Waals surface area contributed by atoms with Gasteiger partial charge in [-0.3, -0.25) is 23.9 Å². The molecule has 36 heavy (non-hydrogen) atoms. The number of carbonyl (C=O) groups is 4. The zero-order valence-corrected chi connectivity index (χ0v) is 21.4. The molecule has 1 aliphatic rings. The van der Waals surface area contributed by atoms with Gasteiger partial charge >= 0.3 is 0 Å². The van der Waals surface area contributed by atoms with Crippen LogP contribution in [0.3, 0.4) is 0 Å². The summed E-state index contributed by atoms with van der Waals surface area (Å²) in [5, 5.41) is 12.5. The maximum atomic E-state index is 13.1. The van der Waals surface area contributed by atoms with Crippen molar-refractivity contribution in [2.45, 2.75) is 45.7 Å². The molecule has 2 atom stereocenters. The van der Waals surface area contributed by atoms with Gasteiger partial charge in [0.05, 0.1) is 24.2 Å². The summed E-state index contributed by atoms with van der Waals surface area (Å²) in [6.45, 7) is 6.18. The molecule has 2 aromatic rings. The number of fused-ring (bicyclic) bond motifs is 1. The van der Waals surface area contributed by atoms with Crippen LogP contribution in [0.25, 0.3) is 0 Å². The van der Waals surface area contributed by atoms with Crippen LogP contribution in [0.5, 0.6) is 5.75 Å². The van der Waals surface area contributed by atoms with Crippen molar-refractivity contribution in [1.29, 1.82) is 0 Å². The van der Waals surface area contributed by atoms with E-state index in [9.17, 15) is 19.2 Å². The molecule has 0 aliphatic carbocycles. The number of likely N-dealkylation sites (N-methyl/N-ethyl adjacent to an activating group) is 1. The second-order valence-electron chi connectivity index (χ2n) is 8.94. The minimum atomic E-state index is -1.15. The van der Waals surface area contributed by atoms with Crippen molar-refractivity contribution < 1.29 is 23.9 Å². The summed E-state index contributed by atoms with van der Waals surface area (Å²) in [7, 11) is 3.47. The SMILES string of the molecule is Cc1nn(C)c(C)c1CCNC(=O)[C@@H]1CC(=O)N[C@@H](C)C(=O)N(C)CCOc2ccccc2C(=O)N1. The largest absolute Gasteiger partial charge is 0.491 e. The van der Waals surface area contributed by atoms with E-state index in [1.54, 1.807) is 42.9 Å². The van der Waals surface area contributed by atoms with Crippen LogP contribution < -0.4 is 20.7 Å². The Bertz CT molecular complexity index is 1140. The van der Waals surface area contributed by atoms with Crippen molar-refractivity contribution in [1.82, 2.24) is 30.6 Å². The van der Waals surface area contributed by atoms with Gasteiger partial charge in [0.15, 0.2) is 0 Å². The first-order valence-corrected chi connectivity index (χ1v) is 11.9. The number of rotatable bonds is 4. The molecule has 0 saturated heterocycles. The van der Waals surface area contributed by atoms with E-state index in [1.165, 1.54) is 4.90 Å².